The van der Waals surface area contributed by atoms with E-state index >= 15 is 0 Å². The number of nitrogens with zero attached hydrogens (tertiary/aromatic N) is 1. The number of nitrogens with one attached hydrogen (secondary N) is 1. The third-order valence-corrected chi connectivity index (χ3v) is 3.71. The maximum Gasteiger partial charge on any atom is 0.340 e. The highest BCUT2D eigenvalue weighted by molar-refractivity contribution is 6.04. The Bertz CT molecular complexity index is 795. The second kappa shape index (κ2) is 7.74. The van der Waals surface area contributed by atoms with Gasteiger partial charge in [0.05, 0.1) is 23.4 Å². The van der Waals surface area contributed by atoms with Crippen LogP contribution >= 0.6 is 0 Å². The van der Waals surface area contributed by atoms with Crippen molar-refractivity contribution in [3.05, 3.63) is 52.6 Å². The number of carbonyl (C=O) groups is 3. The molecule has 1 unspecified atom stereocenters. The van der Waals surface area contributed by atoms with E-state index < -0.39 is 23.8 Å². The summed E-state index contributed by atoms with van der Waals surface area (Å²) in [4.78, 5) is 43.4. The third kappa shape index (κ3) is 3.93. The molecule has 0 aliphatic carbocycles. The Labute approximate surface area is 145 Å². The van der Waals surface area contributed by atoms with E-state index in [9.17, 15) is 14.4 Å². The molecule has 7 nitrogen and oxygen atoms in total. The highest BCUT2D eigenvalue weighted by atomic mass is 16.5. The number of pyridine rings is 1. The van der Waals surface area contributed by atoms with E-state index in [1.54, 1.807) is 32.9 Å². The molecule has 0 saturated carbocycles. The van der Waals surface area contributed by atoms with Gasteiger partial charge in [-0.1, -0.05) is 0 Å². The van der Waals surface area contributed by atoms with Crippen molar-refractivity contribution in [2.75, 3.05) is 6.61 Å². The Morgan fingerprint density at radius 3 is 2.56 bits per heavy atom. The number of aryl methyl sites for hydroxylation is 1. The summed E-state index contributed by atoms with van der Waals surface area (Å²) in [5.41, 5.74) is 1.83. The van der Waals surface area contributed by atoms with Gasteiger partial charge in [0.1, 0.15) is 0 Å². The van der Waals surface area contributed by atoms with Crippen LogP contribution in [0, 0.1) is 13.8 Å². The van der Waals surface area contributed by atoms with Gasteiger partial charge in [-0.2, -0.15) is 0 Å². The van der Waals surface area contributed by atoms with Gasteiger partial charge in [0.25, 0.3) is 0 Å². The maximum absolute atomic E-state index is 12.6. The Hall–Kier alpha value is -2.96. The molecule has 0 amide bonds. The van der Waals surface area contributed by atoms with E-state index in [0.717, 1.165) is 0 Å². The van der Waals surface area contributed by atoms with Crippen LogP contribution in [0.4, 0.5) is 0 Å². The minimum atomic E-state index is -1.01. The molecule has 0 fully saturated rings. The van der Waals surface area contributed by atoms with Gasteiger partial charge in [-0.15, -0.1) is 0 Å². The van der Waals surface area contributed by atoms with Crippen LogP contribution in [0.2, 0.25) is 0 Å². The fraction of sp³-hybridized carbons (Fsp3) is 0.333. The smallest absolute Gasteiger partial charge is 0.340 e. The number of hydrogen-bond donors (Lipinski definition) is 1. The van der Waals surface area contributed by atoms with Crippen molar-refractivity contribution in [2.24, 2.45) is 0 Å². The number of rotatable bonds is 6. The molecule has 0 radical (unpaired) electrons. The number of Topliss-reactive ketones (excluding diaryl/α,β-unsaturated/α-hetero) is 1. The number of hydrogen-bond acceptors (Lipinski definition) is 6. The van der Waals surface area contributed by atoms with E-state index in [2.05, 4.69) is 9.97 Å². The molecule has 1 N–H and O–H groups in total. The number of aromatic nitrogens is 2. The summed E-state index contributed by atoms with van der Waals surface area (Å²) in [5, 5.41) is 0. The molecule has 2 aromatic rings. The molecule has 0 aromatic carbocycles. The Morgan fingerprint density at radius 1 is 1.24 bits per heavy atom. The zero-order valence-corrected chi connectivity index (χ0v) is 14.6. The second-order valence-electron chi connectivity index (χ2n) is 5.50. The summed E-state index contributed by atoms with van der Waals surface area (Å²) in [6.45, 7) is 6.77. The SMILES string of the molecule is CCOC(=O)c1c(C)[nH]c(C(=O)C(C)OC(=O)c2cccnc2)c1C. The first-order valence-electron chi connectivity index (χ1n) is 7.88. The fourth-order valence-corrected chi connectivity index (χ4v) is 2.47. The summed E-state index contributed by atoms with van der Waals surface area (Å²) in [7, 11) is 0. The molecular formula is C18H20N2O5. The van der Waals surface area contributed by atoms with Crippen molar-refractivity contribution in [3.8, 4) is 0 Å². The van der Waals surface area contributed by atoms with Crippen molar-refractivity contribution < 1.29 is 23.9 Å². The largest absolute Gasteiger partial charge is 0.462 e. The Kier molecular flexibility index (Phi) is 5.69. The van der Waals surface area contributed by atoms with Crippen LogP contribution in [0.5, 0.6) is 0 Å². The fourth-order valence-electron chi connectivity index (χ4n) is 2.47. The molecule has 2 rings (SSSR count). The summed E-state index contributed by atoms with van der Waals surface area (Å²) in [6.07, 6.45) is 1.88. The zero-order valence-electron chi connectivity index (χ0n) is 14.6. The van der Waals surface area contributed by atoms with Crippen LogP contribution in [0.25, 0.3) is 0 Å². The second-order valence-corrected chi connectivity index (χ2v) is 5.50. The average Bonchev–Trinajstić information content (AvgIpc) is 2.89. The molecule has 2 aromatic heterocycles. The molecular weight excluding hydrogens is 324 g/mol. The van der Waals surface area contributed by atoms with E-state index in [1.165, 1.54) is 19.3 Å². The van der Waals surface area contributed by atoms with Crippen LogP contribution in [-0.4, -0.2) is 40.4 Å². The molecule has 7 heteroatoms. The lowest BCUT2D eigenvalue weighted by molar-refractivity contribution is 0.0316. The predicted molar refractivity (Wildman–Crippen MR) is 89.7 cm³/mol. The van der Waals surface area contributed by atoms with Gasteiger partial charge in [-0.25, -0.2) is 9.59 Å². The Balaban J connectivity index is 2.19. The van der Waals surface area contributed by atoms with Crippen molar-refractivity contribution in [1.29, 1.82) is 0 Å². The lowest BCUT2D eigenvalue weighted by atomic mass is 10.1. The summed E-state index contributed by atoms with van der Waals surface area (Å²) < 4.78 is 10.2. The van der Waals surface area contributed by atoms with Crippen LogP contribution < -0.4 is 0 Å². The third-order valence-electron chi connectivity index (χ3n) is 3.71. The number of esters is 2. The summed E-state index contributed by atoms with van der Waals surface area (Å²) in [6, 6.07) is 3.16. The first kappa shape index (κ1) is 18.4. The van der Waals surface area contributed by atoms with Gasteiger partial charge >= 0.3 is 11.9 Å². The first-order valence-corrected chi connectivity index (χ1v) is 7.88. The zero-order chi connectivity index (χ0) is 18.6. The first-order chi connectivity index (χ1) is 11.9. The quantitative estimate of drug-likeness (QED) is 0.639. The number of aromatic amines is 1. The molecule has 132 valence electrons. The standard InChI is InChI=1S/C18H20N2O5/c1-5-24-18(23)14-10(2)15(20-11(14)3)16(21)12(4)25-17(22)13-7-6-8-19-9-13/h6-9,12,20H,5H2,1-4H3. The van der Waals surface area contributed by atoms with E-state index in [1.807, 2.05) is 0 Å². The van der Waals surface area contributed by atoms with Crippen molar-refractivity contribution in [1.82, 2.24) is 9.97 Å². The minimum absolute atomic E-state index is 0.229. The van der Waals surface area contributed by atoms with E-state index in [0.29, 0.717) is 16.8 Å². The lowest BCUT2D eigenvalue weighted by Gasteiger charge is -2.12. The topological polar surface area (TPSA) is 98.4 Å². The van der Waals surface area contributed by atoms with Gasteiger partial charge in [-0.05, 0) is 45.4 Å². The monoisotopic (exact) mass is 344 g/mol. The molecule has 0 aliphatic heterocycles. The van der Waals surface area contributed by atoms with Crippen molar-refractivity contribution >= 4 is 17.7 Å². The number of ether oxygens (including phenoxy) is 2. The molecule has 0 aliphatic rings. The van der Waals surface area contributed by atoms with Crippen molar-refractivity contribution in [3.63, 3.8) is 0 Å². The molecule has 25 heavy (non-hydrogen) atoms. The average molecular weight is 344 g/mol. The molecule has 0 bridgehead atoms. The van der Waals surface area contributed by atoms with Gasteiger partial charge in [0, 0.05) is 18.1 Å². The Morgan fingerprint density at radius 2 is 1.96 bits per heavy atom. The van der Waals surface area contributed by atoms with Gasteiger partial charge in [-0.3, -0.25) is 9.78 Å². The maximum atomic E-state index is 12.6. The summed E-state index contributed by atoms with van der Waals surface area (Å²) in [5.74, 6) is -1.55. The van der Waals surface area contributed by atoms with Gasteiger partial charge in [0.2, 0.25) is 5.78 Å². The number of carbonyl (C=O) groups excluding carboxylic acids is 3. The molecule has 0 spiro atoms. The molecule has 0 saturated heterocycles. The van der Waals surface area contributed by atoms with Crippen LogP contribution in [0.3, 0.4) is 0 Å². The van der Waals surface area contributed by atoms with Crippen LogP contribution in [0.15, 0.2) is 24.5 Å². The van der Waals surface area contributed by atoms with Gasteiger partial charge < -0.3 is 14.5 Å². The van der Waals surface area contributed by atoms with Gasteiger partial charge in [0.15, 0.2) is 6.10 Å². The highest BCUT2D eigenvalue weighted by Gasteiger charge is 2.27. The van der Waals surface area contributed by atoms with Crippen LogP contribution in [-0.2, 0) is 9.47 Å². The summed E-state index contributed by atoms with van der Waals surface area (Å²) >= 11 is 0. The number of H-pyrrole nitrogens is 1. The molecule has 1 atom stereocenters. The van der Waals surface area contributed by atoms with E-state index in [-0.39, 0.29) is 17.9 Å². The predicted octanol–water partition coefficient (Wildman–Crippen LogP) is 2.63. The lowest BCUT2D eigenvalue weighted by Crippen LogP contribution is -2.25. The normalized spacial score (nSPS) is 11.7. The van der Waals surface area contributed by atoms with Crippen LogP contribution in [0.1, 0.15) is 56.3 Å². The molecule has 2 heterocycles. The number of ketones is 1. The minimum Gasteiger partial charge on any atom is -0.462 e. The van der Waals surface area contributed by atoms with E-state index in [4.69, 9.17) is 9.47 Å². The highest BCUT2D eigenvalue weighted by Crippen LogP contribution is 2.21. The van der Waals surface area contributed by atoms with Crippen molar-refractivity contribution in [2.45, 2.75) is 33.8 Å².